The third kappa shape index (κ3) is 3.16. The van der Waals surface area contributed by atoms with Crippen molar-refractivity contribution < 1.29 is 14.3 Å². The van der Waals surface area contributed by atoms with Gasteiger partial charge in [0.25, 0.3) is 0 Å². The first-order valence-electron chi connectivity index (χ1n) is 6.11. The van der Waals surface area contributed by atoms with Gasteiger partial charge in [0.15, 0.2) is 0 Å². The fraction of sp³-hybridized carbons (Fsp3) is 0.429. The highest BCUT2D eigenvalue weighted by Crippen LogP contribution is 2.30. The van der Waals surface area contributed by atoms with E-state index in [1.807, 2.05) is 29.2 Å². The number of rotatable bonds is 5. The van der Waals surface area contributed by atoms with E-state index in [1.165, 1.54) is 11.8 Å². The molecule has 102 valence electrons. The summed E-state index contributed by atoms with van der Waals surface area (Å²) in [6.07, 6.45) is 0.914. The van der Waals surface area contributed by atoms with Crippen LogP contribution in [0.15, 0.2) is 24.3 Å². The Morgan fingerprint density at radius 1 is 1.47 bits per heavy atom. The number of benzene rings is 1. The van der Waals surface area contributed by atoms with Crippen molar-refractivity contribution in [2.24, 2.45) is 0 Å². The van der Waals surface area contributed by atoms with Gasteiger partial charge in [-0.25, -0.2) is 0 Å². The van der Waals surface area contributed by atoms with Gasteiger partial charge in [-0.3, -0.25) is 9.69 Å². The summed E-state index contributed by atoms with van der Waals surface area (Å²) in [5.74, 6) is 1.61. The van der Waals surface area contributed by atoms with Crippen molar-refractivity contribution in [1.82, 2.24) is 4.90 Å². The second kappa shape index (κ2) is 6.21. The molecule has 0 N–H and O–H groups in total. The summed E-state index contributed by atoms with van der Waals surface area (Å²) < 4.78 is 5.11. The number of aldehydes is 1. The van der Waals surface area contributed by atoms with Crippen LogP contribution in [0.5, 0.6) is 5.75 Å². The van der Waals surface area contributed by atoms with Crippen molar-refractivity contribution in [3.05, 3.63) is 29.8 Å². The first-order chi connectivity index (χ1) is 9.15. The maximum atomic E-state index is 11.6. The van der Waals surface area contributed by atoms with Crippen LogP contribution in [0.2, 0.25) is 0 Å². The van der Waals surface area contributed by atoms with E-state index in [0.29, 0.717) is 12.3 Å². The number of ketones is 1. The van der Waals surface area contributed by atoms with Crippen molar-refractivity contribution in [1.29, 1.82) is 0 Å². The molecule has 19 heavy (non-hydrogen) atoms. The quantitative estimate of drug-likeness (QED) is 0.768. The molecule has 0 bridgehead atoms. The summed E-state index contributed by atoms with van der Waals surface area (Å²) >= 11 is 1.53. The summed E-state index contributed by atoms with van der Waals surface area (Å²) in [4.78, 5) is 24.7. The SMILES string of the molecule is COc1ccc(CN2C(C=O)SCC2C(C)=O)cc1. The van der Waals surface area contributed by atoms with Crippen molar-refractivity contribution in [3.8, 4) is 5.75 Å². The highest BCUT2D eigenvalue weighted by atomic mass is 32.2. The van der Waals surface area contributed by atoms with Crippen LogP contribution in [-0.2, 0) is 16.1 Å². The van der Waals surface area contributed by atoms with Gasteiger partial charge in [0.05, 0.1) is 13.2 Å². The Labute approximate surface area is 117 Å². The largest absolute Gasteiger partial charge is 0.497 e. The number of methoxy groups -OCH3 is 1. The Bertz CT molecular complexity index is 460. The molecule has 1 fully saturated rings. The molecule has 1 saturated heterocycles. The van der Waals surface area contributed by atoms with Crippen LogP contribution in [0.25, 0.3) is 0 Å². The average molecular weight is 279 g/mol. The van der Waals surface area contributed by atoms with Gasteiger partial charge in [-0.1, -0.05) is 12.1 Å². The lowest BCUT2D eigenvalue weighted by molar-refractivity contribution is -0.122. The van der Waals surface area contributed by atoms with Gasteiger partial charge < -0.3 is 9.53 Å². The van der Waals surface area contributed by atoms with Crippen LogP contribution in [0.3, 0.4) is 0 Å². The molecule has 2 rings (SSSR count). The predicted molar refractivity (Wildman–Crippen MR) is 75.3 cm³/mol. The maximum Gasteiger partial charge on any atom is 0.147 e. The smallest absolute Gasteiger partial charge is 0.147 e. The number of carbonyl (C=O) groups is 2. The lowest BCUT2D eigenvalue weighted by atomic mass is 10.1. The highest BCUT2D eigenvalue weighted by Gasteiger charge is 2.36. The Hall–Kier alpha value is -1.33. The summed E-state index contributed by atoms with van der Waals surface area (Å²) in [6, 6.07) is 7.53. The molecule has 5 heteroatoms. The molecule has 0 amide bonds. The molecule has 0 aromatic heterocycles. The van der Waals surface area contributed by atoms with Crippen LogP contribution in [0.4, 0.5) is 0 Å². The first kappa shape index (κ1) is 14.1. The standard InChI is InChI=1S/C14H17NO3S/c1-10(17)13-9-19-14(8-16)15(13)7-11-3-5-12(18-2)6-4-11/h3-6,8,13-14H,7,9H2,1-2H3. The Morgan fingerprint density at radius 3 is 2.68 bits per heavy atom. The number of hydrogen-bond donors (Lipinski definition) is 0. The Balaban J connectivity index is 2.13. The van der Waals surface area contributed by atoms with Gasteiger partial charge >= 0.3 is 0 Å². The van der Waals surface area contributed by atoms with Crippen LogP contribution in [0, 0.1) is 0 Å². The third-order valence-electron chi connectivity index (χ3n) is 3.26. The molecule has 2 atom stereocenters. The van der Waals surface area contributed by atoms with Crippen LogP contribution in [0.1, 0.15) is 12.5 Å². The van der Waals surface area contributed by atoms with Crippen LogP contribution in [-0.4, -0.2) is 41.2 Å². The molecule has 0 radical (unpaired) electrons. The summed E-state index contributed by atoms with van der Waals surface area (Å²) in [5, 5.41) is -0.226. The minimum Gasteiger partial charge on any atom is -0.497 e. The number of thioether (sulfide) groups is 1. The molecule has 1 heterocycles. The van der Waals surface area contributed by atoms with Gasteiger partial charge in [0.2, 0.25) is 0 Å². The summed E-state index contributed by atoms with van der Waals surface area (Å²) in [7, 11) is 1.63. The van der Waals surface area contributed by atoms with E-state index in [0.717, 1.165) is 17.6 Å². The second-order valence-electron chi connectivity index (χ2n) is 4.51. The van der Waals surface area contributed by atoms with Crippen molar-refractivity contribution in [2.45, 2.75) is 24.9 Å². The zero-order valence-corrected chi connectivity index (χ0v) is 11.9. The van der Waals surface area contributed by atoms with Crippen molar-refractivity contribution in [3.63, 3.8) is 0 Å². The molecule has 2 unspecified atom stereocenters. The van der Waals surface area contributed by atoms with Gasteiger partial charge in [-0.2, -0.15) is 0 Å². The fourth-order valence-corrected chi connectivity index (χ4v) is 3.47. The molecule has 0 aliphatic carbocycles. The molecule has 1 aromatic carbocycles. The summed E-state index contributed by atoms with van der Waals surface area (Å²) in [5.41, 5.74) is 1.07. The minimum atomic E-state index is -0.226. The molecule has 4 nitrogen and oxygen atoms in total. The van der Waals surface area contributed by atoms with Crippen molar-refractivity contribution >= 4 is 23.8 Å². The molecular formula is C14H17NO3S. The molecule has 0 spiro atoms. The molecule has 1 aromatic rings. The van der Waals surface area contributed by atoms with Gasteiger partial charge in [-0.05, 0) is 24.6 Å². The normalized spacial score (nSPS) is 23.3. The number of Topliss-reactive ketones (excluding diaryl/α,β-unsaturated/α-hetero) is 1. The molecule has 0 saturated carbocycles. The van der Waals surface area contributed by atoms with Crippen LogP contribution >= 0.6 is 11.8 Å². The molecular weight excluding hydrogens is 262 g/mol. The number of carbonyl (C=O) groups excluding carboxylic acids is 2. The van der Waals surface area contributed by atoms with Gasteiger partial charge in [-0.15, -0.1) is 11.8 Å². The average Bonchev–Trinajstić information content (AvgIpc) is 2.82. The molecule has 1 aliphatic rings. The maximum absolute atomic E-state index is 11.6. The van der Waals surface area contributed by atoms with Crippen molar-refractivity contribution in [2.75, 3.05) is 12.9 Å². The fourth-order valence-electron chi connectivity index (χ4n) is 2.17. The molecule has 1 aliphatic heterocycles. The highest BCUT2D eigenvalue weighted by molar-refractivity contribution is 8.00. The topological polar surface area (TPSA) is 46.6 Å². The monoisotopic (exact) mass is 279 g/mol. The summed E-state index contributed by atoms with van der Waals surface area (Å²) in [6.45, 7) is 2.18. The van der Waals surface area contributed by atoms with E-state index >= 15 is 0 Å². The lowest BCUT2D eigenvalue weighted by Crippen LogP contribution is -2.40. The minimum absolute atomic E-state index is 0.116. The van der Waals surface area contributed by atoms with E-state index < -0.39 is 0 Å². The second-order valence-corrected chi connectivity index (χ2v) is 5.66. The predicted octanol–water partition coefficient (Wildman–Crippen LogP) is 1.73. The van der Waals surface area contributed by atoms with E-state index in [-0.39, 0.29) is 17.2 Å². The number of ether oxygens (including phenoxy) is 1. The van der Waals surface area contributed by atoms with E-state index in [2.05, 4.69) is 0 Å². The number of hydrogen-bond acceptors (Lipinski definition) is 5. The lowest BCUT2D eigenvalue weighted by Gasteiger charge is -2.24. The van der Waals surface area contributed by atoms with E-state index in [9.17, 15) is 9.59 Å². The van der Waals surface area contributed by atoms with Gasteiger partial charge in [0.1, 0.15) is 23.2 Å². The van der Waals surface area contributed by atoms with Crippen LogP contribution < -0.4 is 4.74 Å². The van der Waals surface area contributed by atoms with E-state index in [1.54, 1.807) is 14.0 Å². The Morgan fingerprint density at radius 2 is 2.16 bits per heavy atom. The van der Waals surface area contributed by atoms with E-state index in [4.69, 9.17) is 4.74 Å². The zero-order valence-electron chi connectivity index (χ0n) is 11.0. The number of nitrogens with zero attached hydrogens (tertiary/aromatic N) is 1. The Kier molecular flexibility index (Phi) is 4.61. The zero-order chi connectivity index (χ0) is 13.8. The third-order valence-corrected chi connectivity index (χ3v) is 4.49. The van der Waals surface area contributed by atoms with Gasteiger partial charge in [0, 0.05) is 12.3 Å². The first-order valence-corrected chi connectivity index (χ1v) is 7.16.